The SMILES string of the molecule is O=S(=O)(F)CS(=O)(=O)c1ccccc1. The molecule has 0 aromatic heterocycles. The van der Waals surface area contributed by atoms with Crippen LogP contribution in [0.15, 0.2) is 35.2 Å². The van der Waals surface area contributed by atoms with Crippen molar-refractivity contribution in [2.45, 2.75) is 4.90 Å². The third kappa shape index (κ3) is 3.08. The zero-order valence-corrected chi connectivity index (χ0v) is 8.55. The van der Waals surface area contributed by atoms with Crippen LogP contribution in [0.3, 0.4) is 0 Å². The van der Waals surface area contributed by atoms with E-state index < -0.39 is 25.1 Å². The number of sulfone groups is 1. The van der Waals surface area contributed by atoms with Crippen molar-refractivity contribution in [2.75, 3.05) is 5.08 Å². The maximum Gasteiger partial charge on any atom is 0.317 e. The van der Waals surface area contributed by atoms with Gasteiger partial charge < -0.3 is 0 Å². The molecule has 0 aliphatic carbocycles. The number of benzene rings is 1. The maximum atomic E-state index is 12.2. The molecule has 0 saturated heterocycles. The molecule has 0 fully saturated rings. The summed E-state index contributed by atoms with van der Waals surface area (Å²) in [6.07, 6.45) is 0. The van der Waals surface area contributed by atoms with Gasteiger partial charge in [0.2, 0.25) is 0 Å². The first-order valence-electron chi connectivity index (χ1n) is 3.51. The average molecular weight is 238 g/mol. The molecule has 78 valence electrons. The summed E-state index contributed by atoms with van der Waals surface area (Å²) in [4.78, 5) is -0.207. The van der Waals surface area contributed by atoms with Crippen LogP contribution in [-0.2, 0) is 20.1 Å². The van der Waals surface area contributed by atoms with Gasteiger partial charge in [0.15, 0.2) is 14.9 Å². The van der Waals surface area contributed by atoms with Gasteiger partial charge in [0.05, 0.1) is 4.90 Å². The lowest BCUT2D eigenvalue weighted by molar-refractivity contribution is 0.554. The summed E-state index contributed by atoms with van der Waals surface area (Å²) in [5.41, 5.74) is 0. The Bertz CT molecular complexity index is 504. The highest BCUT2D eigenvalue weighted by atomic mass is 32.3. The number of hydrogen-bond acceptors (Lipinski definition) is 4. The van der Waals surface area contributed by atoms with E-state index in [9.17, 15) is 20.7 Å². The first-order chi connectivity index (χ1) is 6.31. The molecule has 0 bridgehead atoms. The van der Waals surface area contributed by atoms with E-state index in [1.807, 2.05) is 0 Å². The molecule has 0 aliphatic rings. The molecule has 0 N–H and O–H groups in total. The molecule has 1 aromatic carbocycles. The minimum atomic E-state index is -5.02. The predicted molar refractivity (Wildman–Crippen MR) is 48.5 cm³/mol. The fraction of sp³-hybridized carbons (Fsp3) is 0.143. The third-order valence-corrected chi connectivity index (χ3v) is 4.76. The summed E-state index contributed by atoms with van der Waals surface area (Å²) in [7, 11) is -9.10. The first-order valence-corrected chi connectivity index (χ1v) is 6.72. The normalized spacial score (nSPS) is 12.6. The van der Waals surface area contributed by atoms with Crippen LogP contribution in [0, 0.1) is 0 Å². The van der Waals surface area contributed by atoms with Gasteiger partial charge in [0.1, 0.15) is 0 Å². The molecule has 0 amide bonds. The standard InChI is InChI=1S/C7H7FO4S2/c8-14(11,12)6-13(9,10)7-4-2-1-3-5-7/h1-5H,6H2. The molecule has 14 heavy (non-hydrogen) atoms. The van der Waals surface area contributed by atoms with E-state index in [-0.39, 0.29) is 4.90 Å². The van der Waals surface area contributed by atoms with Crippen molar-refractivity contribution in [3.63, 3.8) is 0 Å². The fourth-order valence-corrected chi connectivity index (χ4v) is 3.48. The molecule has 0 radical (unpaired) electrons. The summed E-state index contributed by atoms with van der Waals surface area (Å²) in [6, 6.07) is 6.85. The van der Waals surface area contributed by atoms with E-state index >= 15 is 0 Å². The summed E-state index contributed by atoms with van der Waals surface area (Å²) >= 11 is 0. The highest BCUT2D eigenvalue weighted by Crippen LogP contribution is 2.12. The molecule has 4 nitrogen and oxygen atoms in total. The second kappa shape index (κ2) is 3.66. The Labute approximate surface area is 81.5 Å². The van der Waals surface area contributed by atoms with E-state index in [2.05, 4.69) is 0 Å². The Hall–Kier alpha value is -0.950. The molecular weight excluding hydrogens is 231 g/mol. The predicted octanol–water partition coefficient (Wildman–Crippen LogP) is 0.717. The van der Waals surface area contributed by atoms with Gasteiger partial charge in [-0.25, -0.2) is 8.42 Å². The summed E-state index contributed by atoms with van der Waals surface area (Å²) in [6.45, 7) is 0. The summed E-state index contributed by atoms with van der Waals surface area (Å²) in [5, 5.41) is -1.51. The van der Waals surface area contributed by atoms with E-state index in [1.54, 1.807) is 6.07 Å². The molecule has 1 rings (SSSR count). The Kier molecular flexibility index (Phi) is 2.91. The monoisotopic (exact) mass is 238 g/mol. The molecule has 0 atom stereocenters. The smallest absolute Gasteiger partial charge is 0.223 e. The van der Waals surface area contributed by atoms with Gasteiger partial charge >= 0.3 is 10.2 Å². The van der Waals surface area contributed by atoms with E-state index in [1.165, 1.54) is 24.3 Å². The minimum absolute atomic E-state index is 0.207. The van der Waals surface area contributed by atoms with Crippen LogP contribution in [0.4, 0.5) is 3.89 Å². The van der Waals surface area contributed by atoms with Crippen molar-refractivity contribution in [1.29, 1.82) is 0 Å². The van der Waals surface area contributed by atoms with Gasteiger partial charge in [-0.05, 0) is 12.1 Å². The van der Waals surface area contributed by atoms with Crippen LogP contribution in [0.25, 0.3) is 0 Å². The molecule has 1 aromatic rings. The lowest BCUT2D eigenvalue weighted by Gasteiger charge is -1.99. The van der Waals surface area contributed by atoms with Gasteiger partial charge in [0.25, 0.3) is 0 Å². The molecule has 7 heteroatoms. The quantitative estimate of drug-likeness (QED) is 0.727. The van der Waals surface area contributed by atoms with Gasteiger partial charge in [-0.1, -0.05) is 18.2 Å². The van der Waals surface area contributed by atoms with Crippen molar-refractivity contribution in [1.82, 2.24) is 0 Å². The van der Waals surface area contributed by atoms with Crippen LogP contribution in [-0.4, -0.2) is 21.9 Å². The minimum Gasteiger partial charge on any atom is -0.223 e. The van der Waals surface area contributed by atoms with E-state index in [0.29, 0.717) is 0 Å². The van der Waals surface area contributed by atoms with Crippen LogP contribution < -0.4 is 0 Å². The van der Waals surface area contributed by atoms with Crippen molar-refractivity contribution >= 4 is 20.1 Å². The molecule has 0 aliphatic heterocycles. The Morgan fingerprint density at radius 1 is 1.00 bits per heavy atom. The topological polar surface area (TPSA) is 68.3 Å². The fourth-order valence-electron chi connectivity index (χ4n) is 0.881. The van der Waals surface area contributed by atoms with Crippen molar-refractivity contribution in [2.24, 2.45) is 0 Å². The molecule has 0 heterocycles. The largest absolute Gasteiger partial charge is 0.317 e. The van der Waals surface area contributed by atoms with E-state index in [0.717, 1.165) is 0 Å². The molecule has 0 unspecified atom stereocenters. The number of halogens is 1. The highest BCUT2D eigenvalue weighted by molar-refractivity contribution is 8.05. The van der Waals surface area contributed by atoms with Crippen LogP contribution in [0.1, 0.15) is 0 Å². The lowest BCUT2D eigenvalue weighted by Crippen LogP contribution is -2.12. The van der Waals surface area contributed by atoms with Gasteiger partial charge in [-0.3, -0.25) is 0 Å². The van der Waals surface area contributed by atoms with Crippen molar-refractivity contribution in [3.8, 4) is 0 Å². The highest BCUT2D eigenvalue weighted by Gasteiger charge is 2.23. The molecule has 0 spiro atoms. The second-order valence-corrected chi connectivity index (χ2v) is 6.31. The third-order valence-electron chi connectivity index (χ3n) is 1.40. The second-order valence-electron chi connectivity index (χ2n) is 2.58. The van der Waals surface area contributed by atoms with Gasteiger partial charge in [-0.15, -0.1) is 3.89 Å². The number of rotatable bonds is 3. The first kappa shape index (κ1) is 11.1. The molecule has 0 saturated carbocycles. The Morgan fingerprint density at radius 2 is 1.50 bits per heavy atom. The van der Waals surface area contributed by atoms with Crippen LogP contribution in [0.5, 0.6) is 0 Å². The van der Waals surface area contributed by atoms with Crippen LogP contribution in [0.2, 0.25) is 0 Å². The average Bonchev–Trinajstić information content (AvgIpc) is 2.01. The number of hydrogen-bond donors (Lipinski definition) is 0. The van der Waals surface area contributed by atoms with Crippen molar-refractivity contribution in [3.05, 3.63) is 30.3 Å². The zero-order valence-electron chi connectivity index (χ0n) is 6.92. The lowest BCUT2D eigenvalue weighted by atomic mass is 10.4. The maximum absolute atomic E-state index is 12.2. The van der Waals surface area contributed by atoms with Crippen molar-refractivity contribution < 1.29 is 20.7 Å². The van der Waals surface area contributed by atoms with E-state index in [4.69, 9.17) is 0 Å². The molecular formula is C7H7FO4S2. The summed E-state index contributed by atoms with van der Waals surface area (Å²) in [5.74, 6) is 0. The summed E-state index contributed by atoms with van der Waals surface area (Å²) < 4.78 is 55.0. The van der Waals surface area contributed by atoms with Gasteiger partial charge in [0, 0.05) is 0 Å². The van der Waals surface area contributed by atoms with Crippen LogP contribution >= 0.6 is 0 Å². The Morgan fingerprint density at radius 3 is 1.93 bits per heavy atom. The van der Waals surface area contributed by atoms with Gasteiger partial charge in [-0.2, -0.15) is 8.42 Å². The zero-order chi connectivity index (χ0) is 10.8. The Balaban J connectivity index is 3.12.